The lowest BCUT2D eigenvalue weighted by atomic mass is 10.1. The predicted octanol–water partition coefficient (Wildman–Crippen LogP) is 2.15. The van der Waals surface area contributed by atoms with Crippen LogP contribution in [-0.2, 0) is 9.68 Å². The van der Waals surface area contributed by atoms with Crippen LogP contribution in [0.4, 0.5) is 24.5 Å². The first-order chi connectivity index (χ1) is 14.4. The molecule has 2 rings (SSSR count). The number of nitrogens with zero attached hydrogens (tertiary/aromatic N) is 1. The van der Waals surface area contributed by atoms with E-state index in [1.165, 1.54) is 12.1 Å². The molecule has 0 aliphatic rings. The van der Waals surface area contributed by atoms with Gasteiger partial charge in [0.05, 0.1) is 43.0 Å². The Morgan fingerprint density at radius 1 is 1.13 bits per heavy atom. The van der Waals surface area contributed by atoms with E-state index in [9.17, 15) is 18.0 Å². The smallest absolute Gasteiger partial charge is 0.277 e. The second-order valence-electron chi connectivity index (χ2n) is 5.92. The van der Waals surface area contributed by atoms with Crippen molar-refractivity contribution in [1.29, 1.82) is 0 Å². The summed E-state index contributed by atoms with van der Waals surface area (Å²) in [5.74, 6) is -4.55. The van der Waals surface area contributed by atoms with Crippen LogP contribution in [-0.4, -0.2) is 48.8 Å². The minimum absolute atomic E-state index is 0.171. The molecule has 0 bridgehead atoms. The number of halogens is 3. The number of anilines is 2. The number of aliphatic hydroxyl groups excluding tert-OH is 2. The zero-order chi connectivity index (χ0) is 22.1. The summed E-state index contributed by atoms with van der Waals surface area (Å²) < 4.78 is 43.4. The number of hydroxylamine groups is 1. The van der Waals surface area contributed by atoms with Gasteiger partial charge >= 0.3 is 0 Å². The van der Waals surface area contributed by atoms with Crippen LogP contribution in [0, 0.1) is 24.4 Å². The van der Waals surface area contributed by atoms with Crippen LogP contribution in [0.5, 0.6) is 0 Å². The van der Waals surface area contributed by atoms with Gasteiger partial charge < -0.3 is 20.4 Å². The van der Waals surface area contributed by atoms with Gasteiger partial charge in [0, 0.05) is 5.56 Å². The average molecular weight is 427 g/mol. The van der Waals surface area contributed by atoms with Crippen molar-refractivity contribution in [3.8, 4) is 0 Å². The van der Waals surface area contributed by atoms with Crippen molar-refractivity contribution in [3.63, 3.8) is 0 Å². The van der Waals surface area contributed by atoms with Crippen LogP contribution in [0.25, 0.3) is 0 Å². The van der Waals surface area contributed by atoms with E-state index in [2.05, 4.69) is 15.3 Å². The van der Waals surface area contributed by atoms with Gasteiger partial charge in [0.1, 0.15) is 12.4 Å². The first-order valence-electron chi connectivity index (χ1n) is 8.73. The van der Waals surface area contributed by atoms with Crippen LogP contribution in [0.15, 0.2) is 29.4 Å². The van der Waals surface area contributed by atoms with E-state index in [0.29, 0.717) is 5.56 Å². The van der Waals surface area contributed by atoms with E-state index in [0.717, 1.165) is 12.3 Å². The normalized spacial score (nSPS) is 11.0. The van der Waals surface area contributed by atoms with Gasteiger partial charge in [-0.15, -0.1) is 0 Å². The lowest BCUT2D eigenvalue weighted by Gasteiger charge is -2.15. The molecule has 0 radical (unpaired) electrons. The molecule has 0 saturated heterocycles. The van der Waals surface area contributed by atoms with Crippen molar-refractivity contribution in [1.82, 2.24) is 5.48 Å². The van der Waals surface area contributed by atoms with Crippen LogP contribution in [0.2, 0.25) is 0 Å². The number of aryl methyl sites for hydroxylation is 1. The predicted molar refractivity (Wildman–Crippen MR) is 102 cm³/mol. The van der Waals surface area contributed by atoms with Gasteiger partial charge in [-0.3, -0.25) is 9.63 Å². The van der Waals surface area contributed by atoms with Gasteiger partial charge in [-0.2, -0.15) is 0 Å². The maximum Gasteiger partial charge on any atom is 0.277 e. The molecule has 0 fully saturated rings. The number of carbonyl (C=O) groups excluding carboxylic acids is 1. The molecule has 11 heteroatoms. The molecule has 8 nitrogen and oxygen atoms in total. The fourth-order valence-electron chi connectivity index (χ4n) is 2.30. The molecule has 0 aromatic heterocycles. The molecule has 2 aromatic carbocycles. The van der Waals surface area contributed by atoms with Crippen LogP contribution >= 0.6 is 0 Å². The van der Waals surface area contributed by atoms with Crippen molar-refractivity contribution in [2.75, 3.05) is 31.7 Å². The number of carbonyl (C=O) groups is 1. The van der Waals surface area contributed by atoms with Crippen molar-refractivity contribution in [3.05, 3.63) is 58.4 Å². The number of hydrogen-bond acceptors (Lipinski definition) is 7. The number of amides is 1. The fourth-order valence-corrected chi connectivity index (χ4v) is 2.30. The van der Waals surface area contributed by atoms with E-state index in [1.54, 1.807) is 13.0 Å². The van der Waals surface area contributed by atoms with E-state index >= 15 is 0 Å². The second-order valence-corrected chi connectivity index (χ2v) is 5.92. The van der Waals surface area contributed by atoms with E-state index < -0.39 is 46.8 Å². The maximum atomic E-state index is 14.8. The highest BCUT2D eigenvalue weighted by Gasteiger charge is 2.23. The molecule has 0 unspecified atom stereocenters. The third-order valence-corrected chi connectivity index (χ3v) is 3.67. The Hall–Kier alpha value is -3.15. The first kappa shape index (κ1) is 23.1. The largest absolute Gasteiger partial charge is 0.394 e. The fraction of sp³-hybridized carbons (Fsp3) is 0.263. The van der Waals surface area contributed by atoms with Crippen LogP contribution in [0.3, 0.4) is 0 Å². The Morgan fingerprint density at radius 3 is 2.53 bits per heavy atom. The summed E-state index contributed by atoms with van der Waals surface area (Å²) in [5.41, 5.74) is 0.903. The molecule has 0 atom stereocenters. The molecule has 0 aliphatic heterocycles. The highest BCUT2D eigenvalue weighted by molar-refractivity contribution is 6.01. The summed E-state index contributed by atoms with van der Waals surface area (Å²) in [5, 5.41) is 23.1. The average Bonchev–Trinajstić information content (AvgIpc) is 2.72. The van der Waals surface area contributed by atoms with Gasteiger partial charge in [0.15, 0.2) is 11.6 Å². The van der Waals surface area contributed by atoms with Crippen molar-refractivity contribution >= 4 is 23.5 Å². The number of aliphatic hydroxyl groups is 2. The standard InChI is InChI=1S/C19H20F3N3O5/c1-11-2-3-15(14(20)8-11)24-18-13(19(28)25-30-7-5-27)9-12(16(21)17(18)22)10-23-29-6-4-26/h2-3,8-10,24,26-27H,4-7H2,1H3,(H,25,28)/b23-10+. The zero-order valence-corrected chi connectivity index (χ0v) is 15.9. The molecular formula is C19H20F3N3O5. The number of hydrogen-bond donors (Lipinski definition) is 4. The van der Waals surface area contributed by atoms with Crippen LogP contribution < -0.4 is 10.8 Å². The van der Waals surface area contributed by atoms with Gasteiger partial charge in [-0.25, -0.2) is 18.7 Å². The molecule has 30 heavy (non-hydrogen) atoms. The van der Waals surface area contributed by atoms with Gasteiger partial charge in [-0.1, -0.05) is 11.2 Å². The van der Waals surface area contributed by atoms with Crippen molar-refractivity contribution < 1.29 is 37.9 Å². The molecule has 0 spiro atoms. The Balaban J connectivity index is 2.47. The number of rotatable bonds is 10. The number of oxime groups is 1. The summed E-state index contributed by atoms with van der Waals surface area (Å²) >= 11 is 0. The third-order valence-electron chi connectivity index (χ3n) is 3.67. The lowest BCUT2D eigenvalue weighted by molar-refractivity contribution is 0.0168. The molecule has 2 aromatic rings. The highest BCUT2D eigenvalue weighted by atomic mass is 19.2. The van der Waals surface area contributed by atoms with Gasteiger partial charge in [0.25, 0.3) is 5.91 Å². The highest BCUT2D eigenvalue weighted by Crippen LogP contribution is 2.30. The molecule has 1 amide bonds. The lowest BCUT2D eigenvalue weighted by Crippen LogP contribution is -2.26. The van der Waals surface area contributed by atoms with Crippen LogP contribution in [0.1, 0.15) is 21.5 Å². The summed E-state index contributed by atoms with van der Waals surface area (Å²) in [4.78, 5) is 21.8. The topological polar surface area (TPSA) is 112 Å². The molecule has 0 heterocycles. The Morgan fingerprint density at radius 2 is 1.87 bits per heavy atom. The number of nitrogens with one attached hydrogen (secondary N) is 2. The van der Waals surface area contributed by atoms with Gasteiger partial charge in [0.2, 0.25) is 0 Å². The summed E-state index contributed by atoms with van der Waals surface area (Å²) in [6, 6.07) is 4.99. The monoisotopic (exact) mass is 427 g/mol. The van der Waals surface area contributed by atoms with E-state index in [4.69, 9.17) is 15.1 Å². The minimum atomic E-state index is -1.46. The number of benzene rings is 2. The molecule has 4 N–H and O–H groups in total. The quantitative estimate of drug-likeness (QED) is 0.263. The molecule has 0 saturated carbocycles. The molecule has 162 valence electrons. The Kier molecular flexibility index (Phi) is 8.59. The zero-order valence-electron chi connectivity index (χ0n) is 15.9. The summed E-state index contributed by atoms with van der Waals surface area (Å²) in [7, 11) is 0. The second kappa shape index (κ2) is 11.1. The summed E-state index contributed by atoms with van der Waals surface area (Å²) in [6.45, 7) is 0.508. The molecular weight excluding hydrogens is 407 g/mol. The summed E-state index contributed by atoms with van der Waals surface area (Å²) in [6.07, 6.45) is 0.815. The Bertz CT molecular complexity index is 925. The van der Waals surface area contributed by atoms with E-state index in [-0.39, 0.29) is 25.5 Å². The molecule has 0 aliphatic carbocycles. The maximum absolute atomic E-state index is 14.8. The Labute approximate surface area is 169 Å². The SMILES string of the molecule is Cc1ccc(Nc2c(C(=O)NOCCO)cc(/C=N/OCCO)c(F)c2F)c(F)c1. The van der Waals surface area contributed by atoms with Gasteiger partial charge in [-0.05, 0) is 30.7 Å². The minimum Gasteiger partial charge on any atom is -0.394 e. The first-order valence-corrected chi connectivity index (χ1v) is 8.73. The van der Waals surface area contributed by atoms with Crippen molar-refractivity contribution in [2.24, 2.45) is 5.16 Å². The van der Waals surface area contributed by atoms with E-state index in [1.807, 2.05) is 5.48 Å². The third kappa shape index (κ3) is 5.92. The van der Waals surface area contributed by atoms with Crippen molar-refractivity contribution in [2.45, 2.75) is 6.92 Å².